The predicted molar refractivity (Wildman–Crippen MR) is 65.8 cm³/mol. The van der Waals surface area contributed by atoms with Crippen LogP contribution in [-0.4, -0.2) is 12.1 Å². The van der Waals surface area contributed by atoms with E-state index in [1.54, 1.807) is 31.1 Å². The Hall–Kier alpha value is -1.68. The molecule has 1 aromatic carbocycles. The first kappa shape index (κ1) is 10.8. The quantitative estimate of drug-likeness (QED) is 0.827. The van der Waals surface area contributed by atoms with Gasteiger partial charge in [-0.25, -0.2) is 4.98 Å². The second-order valence-corrected chi connectivity index (χ2v) is 4.31. The Kier molecular flexibility index (Phi) is 3.31. The van der Waals surface area contributed by atoms with E-state index in [-0.39, 0.29) is 0 Å². The third-order valence-corrected chi connectivity index (χ3v) is 2.92. The molecule has 0 atom stereocenters. The lowest BCUT2D eigenvalue weighted by Gasteiger charge is -2.05. The number of rotatable bonds is 3. The molecule has 0 radical (unpaired) electrons. The topological polar surface area (TPSA) is 48.1 Å². The molecule has 2 aromatic rings. The molecule has 4 heteroatoms. The van der Waals surface area contributed by atoms with Crippen LogP contribution in [0.1, 0.15) is 0 Å². The highest BCUT2D eigenvalue weighted by atomic mass is 32.2. The van der Waals surface area contributed by atoms with Crippen molar-refractivity contribution in [1.82, 2.24) is 4.98 Å². The maximum Gasteiger partial charge on any atom is 0.122 e. The number of aromatic nitrogens is 1. The zero-order chi connectivity index (χ0) is 11.4. The first-order valence-corrected chi connectivity index (χ1v) is 5.63. The molecule has 1 heterocycles. The van der Waals surface area contributed by atoms with E-state index in [9.17, 15) is 0 Å². The van der Waals surface area contributed by atoms with Crippen LogP contribution in [0.4, 0.5) is 5.69 Å². The second-order valence-electron chi connectivity index (χ2n) is 3.21. The number of hydrogen-bond donors (Lipinski definition) is 1. The summed E-state index contributed by atoms with van der Waals surface area (Å²) < 4.78 is 5.16. The van der Waals surface area contributed by atoms with Gasteiger partial charge in [-0.3, -0.25) is 0 Å². The molecule has 3 nitrogen and oxygen atoms in total. The van der Waals surface area contributed by atoms with Gasteiger partial charge in [0, 0.05) is 22.8 Å². The number of methoxy groups -OCH3 is 1. The lowest BCUT2D eigenvalue weighted by Crippen LogP contribution is -1.89. The van der Waals surface area contributed by atoms with Crippen molar-refractivity contribution in [1.29, 1.82) is 0 Å². The highest BCUT2D eigenvalue weighted by Crippen LogP contribution is 2.30. The predicted octanol–water partition coefficient (Wildman–Crippen LogP) is 2.82. The van der Waals surface area contributed by atoms with Crippen LogP contribution in [-0.2, 0) is 0 Å². The fourth-order valence-electron chi connectivity index (χ4n) is 1.30. The van der Waals surface area contributed by atoms with E-state index in [4.69, 9.17) is 10.5 Å². The Morgan fingerprint density at radius 1 is 1.25 bits per heavy atom. The maximum atomic E-state index is 5.77. The van der Waals surface area contributed by atoms with Gasteiger partial charge >= 0.3 is 0 Å². The number of benzene rings is 1. The van der Waals surface area contributed by atoms with Crippen LogP contribution in [0.15, 0.2) is 52.5 Å². The van der Waals surface area contributed by atoms with E-state index in [2.05, 4.69) is 4.98 Å². The molecular weight excluding hydrogens is 220 g/mol. The minimum atomic E-state index is 0.692. The Bertz CT molecular complexity index is 474. The van der Waals surface area contributed by atoms with Crippen molar-refractivity contribution in [3.05, 3.63) is 42.6 Å². The van der Waals surface area contributed by atoms with Gasteiger partial charge in [0.15, 0.2) is 0 Å². The third kappa shape index (κ3) is 2.67. The summed E-state index contributed by atoms with van der Waals surface area (Å²) in [5, 5.41) is 0.940. The average Bonchev–Trinajstić information content (AvgIpc) is 2.29. The van der Waals surface area contributed by atoms with Crippen molar-refractivity contribution in [2.24, 2.45) is 0 Å². The molecule has 2 N–H and O–H groups in total. The minimum Gasteiger partial charge on any atom is -0.497 e. The zero-order valence-electron chi connectivity index (χ0n) is 8.88. The van der Waals surface area contributed by atoms with Crippen LogP contribution < -0.4 is 10.5 Å². The van der Waals surface area contributed by atoms with E-state index in [0.29, 0.717) is 5.69 Å². The minimum absolute atomic E-state index is 0.692. The van der Waals surface area contributed by atoms with Crippen LogP contribution >= 0.6 is 11.8 Å². The standard InChI is InChI=1S/C12H12N2OS/c1-15-10-6-9(13)7-11(8-10)16-12-4-2-3-5-14-12/h2-8H,13H2,1H3. The Balaban J connectivity index is 2.24. The average molecular weight is 232 g/mol. The monoisotopic (exact) mass is 232 g/mol. The van der Waals surface area contributed by atoms with Crippen molar-refractivity contribution in [3.63, 3.8) is 0 Å². The number of hydrogen-bond acceptors (Lipinski definition) is 4. The first-order chi connectivity index (χ1) is 7.78. The van der Waals surface area contributed by atoms with Gasteiger partial charge in [-0.05, 0) is 24.3 Å². The lowest BCUT2D eigenvalue weighted by molar-refractivity contribution is 0.414. The van der Waals surface area contributed by atoms with Gasteiger partial charge < -0.3 is 10.5 Å². The molecule has 0 saturated carbocycles. The summed E-state index contributed by atoms with van der Waals surface area (Å²) >= 11 is 1.56. The highest BCUT2D eigenvalue weighted by molar-refractivity contribution is 7.99. The lowest BCUT2D eigenvalue weighted by atomic mass is 10.3. The van der Waals surface area contributed by atoms with Crippen molar-refractivity contribution >= 4 is 17.4 Å². The molecule has 0 unspecified atom stereocenters. The fraction of sp³-hybridized carbons (Fsp3) is 0.0833. The summed E-state index contributed by atoms with van der Waals surface area (Å²) in [4.78, 5) is 5.26. The molecule has 0 amide bonds. The SMILES string of the molecule is COc1cc(N)cc(Sc2ccccn2)c1. The number of nitrogens with zero attached hydrogens (tertiary/aromatic N) is 1. The number of nitrogen functional groups attached to an aromatic ring is 1. The largest absolute Gasteiger partial charge is 0.497 e. The van der Waals surface area contributed by atoms with Crippen molar-refractivity contribution in [2.45, 2.75) is 9.92 Å². The highest BCUT2D eigenvalue weighted by Gasteiger charge is 2.02. The number of anilines is 1. The van der Waals surface area contributed by atoms with Crippen LogP contribution in [0.25, 0.3) is 0 Å². The number of ether oxygens (including phenoxy) is 1. The number of pyridine rings is 1. The summed E-state index contributed by atoms with van der Waals surface area (Å²) in [5.74, 6) is 0.762. The van der Waals surface area contributed by atoms with Gasteiger partial charge in [-0.15, -0.1) is 0 Å². The van der Waals surface area contributed by atoms with E-state index in [1.165, 1.54) is 0 Å². The van der Waals surface area contributed by atoms with Crippen LogP contribution in [0.3, 0.4) is 0 Å². The summed E-state index contributed by atoms with van der Waals surface area (Å²) in [6.07, 6.45) is 1.77. The molecule has 0 spiro atoms. The second kappa shape index (κ2) is 4.90. The molecule has 0 fully saturated rings. The molecular formula is C12H12N2OS. The third-order valence-electron chi connectivity index (χ3n) is 2.00. The van der Waals surface area contributed by atoms with Gasteiger partial charge in [0.1, 0.15) is 10.8 Å². The van der Waals surface area contributed by atoms with Crippen LogP contribution in [0, 0.1) is 0 Å². The van der Waals surface area contributed by atoms with E-state index < -0.39 is 0 Å². The Morgan fingerprint density at radius 3 is 2.81 bits per heavy atom. The van der Waals surface area contributed by atoms with Gasteiger partial charge in [0.25, 0.3) is 0 Å². The molecule has 1 aromatic heterocycles. The van der Waals surface area contributed by atoms with Crippen LogP contribution in [0.2, 0.25) is 0 Å². The van der Waals surface area contributed by atoms with E-state index in [1.807, 2.05) is 30.3 Å². The van der Waals surface area contributed by atoms with Crippen molar-refractivity contribution in [3.8, 4) is 5.75 Å². The Labute approximate surface area is 98.6 Å². The van der Waals surface area contributed by atoms with Crippen molar-refractivity contribution in [2.75, 3.05) is 12.8 Å². The summed E-state index contributed by atoms with van der Waals surface area (Å²) in [5.41, 5.74) is 6.47. The van der Waals surface area contributed by atoms with E-state index >= 15 is 0 Å². The molecule has 2 rings (SSSR count). The molecule has 0 bridgehead atoms. The van der Waals surface area contributed by atoms with Gasteiger partial charge in [-0.2, -0.15) is 0 Å². The summed E-state index contributed by atoms with van der Waals surface area (Å²) in [6, 6.07) is 11.4. The van der Waals surface area contributed by atoms with Crippen molar-refractivity contribution < 1.29 is 4.74 Å². The normalized spacial score (nSPS) is 10.1. The number of nitrogens with two attached hydrogens (primary N) is 1. The van der Waals surface area contributed by atoms with E-state index in [0.717, 1.165) is 15.7 Å². The molecule has 0 aliphatic rings. The molecule has 0 saturated heterocycles. The summed E-state index contributed by atoms with van der Waals surface area (Å²) in [7, 11) is 1.63. The van der Waals surface area contributed by atoms with Gasteiger partial charge in [0.05, 0.1) is 7.11 Å². The maximum absolute atomic E-state index is 5.77. The van der Waals surface area contributed by atoms with Gasteiger partial charge in [0.2, 0.25) is 0 Å². The smallest absolute Gasteiger partial charge is 0.122 e. The molecule has 82 valence electrons. The Morgan fingerprint density at radius 2 is 2.12 bits per heavy atom. The molecule has 16 heavy (non-hydrogen) atoms. The van der Waals surface area contributed by atoms with Gasteiger partial charge in [-0.1, -0.05) is 17.8 Å². The first-order valence-electron chi connectivity index (χ1n) is 4.81. The molecule has 0 aliphatic carbocycles. The fourth-order valence-corrected chi connectivity index (χ4v) is 2.17. The molecule has 0 aliphatic heterocycles. The zero-order valence-corrected chi connectivity index (χ0v) is 9.70. The summed E-state index contributed by atoms with van der Waals surface area (Å²) in [6.45, 7) is 0. The van der Waals surface area contributed by atoms with Crippen LogP contribution in [0.5, 0.6) is 5.75 Å².